The molecule has 1 aliphatic heterocycles. The maximum absolute atomic E-state index is 4.26. The zero-order valence-electron chi connectivity index (χ0n) is 8.93. The maximum Gasteiger partial charge on any atom is 0.0876 e. The van der Waals surface area contributed by atoms with Crippen molar-refractivity contribution in [3.8, 4) is 5.69 Å². The smallest absolute Gasteiger partial charge is 0.0876 e. The van der Waals surface area contributed by atoms with Crippen LogP contribution in [0.25, 0.3) is 5.69 Å². The fraction of sp³-hybridized carbons (Fsp3) is 0.250. The largest absolute Gasteiger partial charge is 0.378 e. The Kier molecular flexibility index (Phi) is 2.34. The molecule has 16 heavy (non-hydrogen) atoms. The number of nitrogens with one attached hydrogen (secondary N) is 2. The minimum Gasteiger partial charge on any atom is -0.378 e. The third kappa shape index (κ3) is 1.67. The Morgan fingerprint density at radius 1 is 1.25 bits per heavy atom. The number of anilines is 1. The van der Waals surface area contributed by atoms with Crippen LogP contribution in [0.5, 0.6) is 0 Å². The van der Waals surface area contributed by atoms with Crippen molar-refractivity contribution in [1.82, 2.24) is 15.1 Å². The number of nitrogens with zero attached hydrogens (tertiary/aromatic N) is 2. The van der Waals surface area contributed by atoms with Crippen LogP contribution in [-0.2, 0) is 0 Å². The Hall–Kier alpha value is -1.81. The summed E-state index contributed by atoms with van der Waals surface area (Å²) in [6, 6.07) is 10.7. The normalized spacial score (nSPS) is 15.8. The van der Waals surface area contributed by atoms with Crippen molar-refractivity contribution in [2.45, 2.75) is 6.04 Å². The van der Waals surface area contributed by atoms with Crippen LogP contribution < -0.4 is 10.6 Å². The molecule has 1 aromatic heterocycles. The van der Waals surface area contributed by atoms with Gasteiger partial charge in [-0.25, -0.2) is 4.68 Å². The average Bonchev–Trinajstić information content (AvgIpc) is 2.77. The van der Waals surface area contributed by atoms with E-state index in [1.54, 1.807) is 6.20 Å². The van der Waals surface area contributed by atoms with Gasteiger partial charge in [-0.3, -0.25) is 0 Å². The third-order valence-corrected chi connectivity index (χ3v) is 2.80. The predicted octanol–water partition coefficient (Wildman–Crippen LogP) is 1.26. The van der Waals surface area contributed by atoms with Gasteiger partial charge < -0.3 is 10.6 Å². The summed E-state index contributed by atoms with van der Waals surface area (Å²) in [5, 5.41) is 11.0. The zero-order chi connectivity index (χ0) is 10.8. The Morgan fingerprint density at radius 3 is 2.81 bits per heavy atom. The van der Waals surface area contributed by atoms with Crippen LogP contribution in [0, 0.1) is 0 Å². The Morgan fingerprint density at radius 2 is 2.12 bits per heavy atom. The van der Waals surface area contributed by atoms with Gasteiger partial charge in [-0.15, -0.1) is 0 Å². The molecule has 82 valence electrons. The van der Waals surface area contributed by atoms with Gasteiger partial charge in [0.2, 0.25) is 0 Å². The molecule has 2 N–H and O–H groups in total. The molecule has 0 spiro atoms. The number of para-hydroxylation sites is 2. The van der Waals surface area contributed by atoms with Crippen molar-refractivity contribution in [3.63, 3.8) is 0 Å². The minimum atomic E-state index is 0.539. The van der Waals surface area contributed by atoms with Crippen LogP contribution in [-0.4, -0.2) is 28.9 Å². The van der Waals surface area contributed by atoms with E-state index in [-0.39, 0.29) is 0 Å². The van der Waals surface area contributed by atoms with Crippen molar-refractivity contribution >= 4 is 5.69 Å². The summed E-state index contributed by atoms with van der Waals surface area (Å²) in [4.78, 5) is 0. The van der Waals surface area contributed by atoms with E-state index in [1.807, 2.05) is 29.1 Å². The van der Waals surface area contributed by atoms with E-state index in [0.29, 0.717) is 6.04 Å². The molecule has 3 rings (SSSR count). The lowest BCUT2D eigenvalue weighted by Gasteiger charge is -2.29. The van der Waals surface area contributed by atoms with Crippen molar-refractivity contribution in [1.29, 1.82) is 0 Å². The van der Waals surface area contributed by atoms with E-state index in [2.05, 4.69) is 27.9 Å². The predicted molar refractivity (Wildman–Crippen MR) is 63.8 cm³/mol. The van der Waals surface area contributed by atoms with Crippen LogP contribution in [0.2, 0.25) is 0 Å². The van der Waals surface area contributed by atoms with E-state index < -0.39 is 0 Å². The van der Waals surface area contributed by atoms with E-state index >= 15 is 0 Å². The summed E-state index contributed by atoms with van der Waals surface area (Å²) >= 11 is 0. The quantitative estimate of drug-likeness (QED) is 0.808. The van der Waals surface area contributed by atoms with Gasteiger partial charge in [0.25, 0.3) is 0 Å². The maximum atomic E-state index is 4.26. The first-order valence-electron chi connectivity index (χ1n) is 5.50. The number of hydrogen-bond acceptors (Lipinski definition) is 3. The molecule has 0 saturated carbocycles. The van der Waals surface area contributed by atoms with Crippen molar-refractivity contribution in [2.75, 3.05) is 18.4 Å². The molecule has 4 heteroatoms. The molecule has 0 bridgehead atoms. The Bertz CT molecular complexity index is 460. The Labute approximate surface area is 94.3 Å². The molecular formula is C12H14N4. The molecule has 2 aromatic rings. The van der Waals surface area contributed by atoms with Crippen molar-refractivity contribution in [3.05, 3.63) is 42.7 Å². The van der Waals surface area contributed by atoms with Crippen LogP contribution >= 0.6 is 0 Å². The summed E-state index contributed by atoms with van der Waals surface area (Å²) in [5.74, 6) is 0. The van der Waals surface area contributed by atoms with Crippen LogP contribution in [0.3, 0.4) is 0 Å². The molecule has 1 aliphatic rings. The number of benzene rings is 1. The molecule has 1 saturated heterocycles. The highest BCUT2D eigenvalue weighted by atomic mass is 15.3. The van der Waals surface area contributed by atoms with Crippen LogP contribution in [0.1, 0.15) is 0 Å². The zero-order valence-corrected chi connectivity index (χ0v) is 8.93. The standard InChI is InChI=1S/C12H14N4/c1-2-5-12(16-7-3-6-14-16)11(4-1)15-10-8-13-9-10/h1-7,10,13,15H,8-9H2. The number of hydrogen-bond donors (Lipinski definition) is 2. The second kappa shape index (κ2) is 3.98. The van der Waals surface area contributed by atoms with E-state index in [9.17, 15) is 0 Å². The molecule has 0 aliphatic carbocycles. The highest BCUT2D eigenvalue weighted by Crippen LogP contribution is 2.20. The van der Waals surface area contributed by atoms with E-state index in [4.69, 9.17) is 0 Å². The number of rotatable bonds is 3. The van der Waals surface area contributed by atoms with Crippen LogP contribution in [0.15, 0.2) is 42.7 Å². The van der Waals surface area contributed by atoms with Gasteiger partial charge in [0.05, 0.1) is 17.4 Å². The topological polar surface area (TPSA) is 41.9 Å². The molecule has 4 nitrogen and oxygen atoms in total. The first kappa shape index (κ1) is 9.42. The fourth-order valence-electron chi connectivity index (χ4n) is 1.82. The molecule has 1 fully saturated rings. The van der Waals surface area contributed by atoms with Gasteiger partial charge in [0.1, 0.15) is 0 Å². The second-order valence-electron chi connectivity index (χ2n) is 3.97. The highest BCUT2D eigenvalue weighted by molar-refractivity contribution is 5.61. The highest BCUT2D eigenvalue weighted by Gasteiger charge is 2.17. The van der Waals surface area contributed by atoms with Gasteiger partial charge in [0, 0.05) is 25.5 Å². The second-order valence-corrected chi connectivity index (χ2v) is 3.97. The molecular weight excluding hydrogens is 200 g/mol. The summed E-state index contributed by atoms with van der Waals surface area (Å²) in [5.41, 5.74) is 2.23. The van der Waals surface area contributed by atoms with E-state index in [1.165, 1.54) is 0 Å². The molecule has 0 radical (unpaired) electrons. The summed E-state index contributed by atoms with van der Waals surface area (Å²) in [7, 11) is 0. The summed E-state index contributed by atoms with van der Waals surface area (Å²) < 4.78 is 1.88. The van der Waals surface area contributed by atoms with E-state index in [0.717, 1.165) is 24.5 Å². The molecule has 0 atom stereocenters. The van der Waals surface area contributed by atoms with Gasteiger partial charge in [-0.1, -0.05) is 12.1 Å². The number of aromatic nitrogens is 2. The van der Waals surface area contributed by atoms with Gasteiger partial charge in [0.15, 0.2) is 0 Å². The lowest BCUT2D eigenvalue weighted by atomic mass is 10.1. The Balaban J connectivity index is 1.91. The van der Waals surface area contributed by atoms with Gasteiger partial charge in [-0.05, 0) is 18.2 Å². The monoisotopic (exact) mass is 214 g/mol. The lowest BCUT2D eigenvalue weighted by molar-refractivity contribution is 0.472. The van der Waals surface area contributed by atoms with Gasteiger partial charge >= 0.3 is 0 Å². The van der Waals surface area contributed by atoms with Crippen LogP contribution in [0.4, 0.5) is 5.69 Å². The summed E-state index contributed by atoms with van der Waals surface area (Å²) in [6.07, 6.45) is 3.75. The molecule has 2 heterocycles. The average molecular weight is 214 g/mol. The van der Waals surface area contributed by atoms with Gasteiger partial charge in [-0.2, -0.15) is 5.10 Å². The minimum absolute atomic E-state index is 0.539. The third-order valence-electron chi connectivity index (χ3n) is 2.80. The fourth-order valence-corrected chi connectivity index (χ4v) is 1.82. The molecule has 0 unspecified atom stereocenters. The van der Waals surface area contributed by atoms with Crippen molar-refractivity contribution in [2.24, 2.45) is 0 Å². The first-order valence-corrected chi connectivity index (χ1v) is 5.50. The molecule has 0 amide bonds. The summed E-state index contributed by atoms with van der Waals surface area (Å²) in [6.45, 7) is 2.07. The first-order chi connectivity index (χ1) is 7.93. The SMILES string of the molecule is c1ccc(-n2cccn2)c(NC2CNC2)c1. The molecule has 1 aromatic carbocycles. The van der Waals surface area contributed by atoms with Crippen molar-refractivity contribution < 1.29 is 0 Å². The lowest BCUT2D eigenvalue weighted by Crippen LogP contribution is -2.51.